The predicted octanol–water partition coefficient (Wildman–Crippen LogP) is 1.66. The van der Waals surface area contributed by atoms with Gasteiger partial charge in [-0.15, -0.1) is 0 Å². The number of para-hydroxylation sites is 1. The molecule has 1 aromatic carbocycles. The van der Waals surface area contributed by atoms with Crippen molar-refractivity contribution in [3.05, 3.63) is 29.8 Å². The second kappa shape index (κ2) is 7.53. The van der Waals surface area contributed by atoms with Gasteiger partial charge in [0.05, 0.1) is 24.3 Å². The summed E-state index contributed by atoms with van der Waals surface area (Å²) < 4.78 is 4.69. The average molecular weight is 264 g/mol. The predicted molar refractivity (Wildman–Crippen MR) is 74.1 cm³/mol. The first-order valence-electron chi connectivity index (χ1n) is 6.26. The minimum Gasteiger partial charge on any atom is -0.465 e. The zero-order chi connectivity index (χ0) is 14.3. The van der Waals surface area contributed by atoms with Crippen LogP contribution in [0.25, 0.3) is 0 Å². The van der Waals surface area contributed by atoms with Crippen molar-refractivity contribution in [1.29, 1.82) is 0 Å². The van der Waals surface area contributed by atoms with Gasteiger partial charge in [0.25, 0.3) is 0 Å². The highest BCUT2D eigenvalue weighted by Crippen LogP contribution is 2.17. The number of hydrogen-bond donors (Lipinski definition) is 2. The second-order valence-electron chi connectivity index (χ2n) is 4.19. The third-order valence-corrected chi connectivity index (χ3v) is 2.90. The van der Waals surface area contributed by atoms with Gasteiger partial charge < -0.3 is 15.4 Å². The lowest BCUT2D eigenvalue weighted by molar-refractivity contribution is -0.119. The third-order valence-electron chi connectivity index (χ3n) is 2.90. The van der Waals surface area contributed by atoms with Gasteiger partial charge in [-0.1, -0.05) is 19.1 Å². The molecule has 1 rings (SSSR count). The molecule has 19 heavy (non-hydrogen) atoms. The number of carbonyl (C=O) groups is 2. The molecule has 0 radical (unpaired) electrons. The molecule has 5 heteroatoms. The van der Waals surface area contributed by atoms with Crippen LogP contribution >= 0.6 is 0 Å². The zero-order valence-electron chi connectivity index (χ0n) is 11.5. The van der Waals surface area contributed by atoms with Crippen molar-refractivity contribution in [3.8, 4) is 0 Å². The van der Waals surface area contributed by atoms with Crippen molar-refractivity contribution in [2.45, 2.75) is 13.3 Å². The summed E-state index contributed by atoms with van der Waals surface area (Å²) in [5.74, 6) is -0.693. The van der Waals surface area contributed by atoms with E-state index in [-0.39, 0.29) is 11.8 Å². The second-order valence-corrected chi connectivity index (χ2v) is 4.19. The van der Waals surface area contributed by atoms with Crippen molar-refractivity contribution < 1.29 is 14.3 Å². The Morgan fingerprint density at radius 1 is 1.32 bits per heavy atom. The normalized spacial score (nSPS) is 11.7. The third kappa shape index (κ3) is 4.06. The van der Waals surface area contributed by atoms with Crippen LogP contribution < -0.4 is 10.6 Å². The molecule has 1 atom stereocenters. The molecule has 104 valence electrons. The lowest BCUT2D eigenvalue weighted by Gasteiger charge is -2.15. The molecule has 0 fully saturated rings. The number of rotatable bonds is 6. The van der Waals surface area contributed by atoms with E-state index in [0.29, 0.717) is 17.8 Å². The standard InChI is InChI=1S/C14H20N2O3/c1-4-10(9-15-2)13(17)16-12-8-6-5-7-11(12)14(18)19-3/h5-8,10,15H,4,9H2,1-3H3,(H,16,17). The van der Waals surface area contributed by atoms with Crippen LogP contribution in [0.3, 0.4) is 0 Å². The van der Waals surface area contributed by atoms with E-state index >= 15 is 0 Å². The summed E-state index contributed by atoms with van der Waals surface area (Å²) in [7, 11) is 3.12. The van der Waals surface area contributed by atoms with Gasteiger partial charge in [0.1, 0.15) is 0 Å². The molecule has 2 N–H and O–H groups in total. The molecule has 0 saturated heterocycles. The van der Waals surface area contributed by atoms with E-state index in [1.165, 1.54) is 7.11 Å². The fourth-order valence-corrected chi connectivity index (χ4v) is 1.78. The Hall–Kier alpha value is -1.88. The van der Waals surface area contributed by atoms with Crippen LogP contribution in [0.2, 0.25) is 0 Å². The van der Waals surface area contributed by atoms with E-state index in [9.17, 15) is 9.59 Å². The van der Waals surface area contributed by atoms with Gasteiger partial charge in [-0.2, -0.15) is 0 Å². The van der Waals surface area contributed by atoms with Crippen LogP contribution in [0.5, 0.6) is 0 Å². The van der Waals surface area contributed by atoms with Crippen LogP contribution in [-0.4, -0.2) is 32.6 Å². The van der Waals surface area contributed by atoms with Gasteiger partial charge in [-0.3, -0.25) is 4.79 Å². The number of esters is 1. The number of anilines is 1. The van der Waals surface area contributed by atoms with Gasteiger partial charge >= 0.3 is 5.97 Å². The molecule has 0 aliphatic carbocycles. The molecule has 5 nitrogen and oxygen atoms in total. The summed E-state index contributed by atoms with van der Waals surface area (Å²) in [4.78, 5) is 23.7. The Labute approximate surface area is 113 Å². The number of hydrogen-bond acceptors (Lipinski definition) is 4. The first-order valence-corrected chi connectivity index (χ1v) is 6.26. The maximum Gasteiger partial charge on any atom is 0.339 e. The van der Waals surface area contributed by atoms with E-state index in [1.807, 2.05) is 6.92 Å². The maximum atomic E-state index is 12.1. The van der Waals surface area contributed by atoms with Crippen molar-refractivity contribution >= 4 is 17.6 Å². The summed E-state index contributed by atoms with van der Waals surface area (Å²) in [5.41, 5.74) is 0.839. The van der Waals surface area contributed by atoms with E-state index in [0.717, 1.165) is 6.42 Å². The summed E-state index contributed by atoms with van der Waals surface area (Å²) in [6, 6.07) is 6.81. The highest BCUT2D eigenvalue weighted by atomic mass is 16.5. The summed E-state index contributed by atoms with van der Waals surface area (Å²) in [6.07, 6.45) is 0.729. The Morgan fingerprint density at radius 3 is 2.58 bits per heavy atom. The fraction of sp³-hybridized carbons (Fsp3) is 0.429. The minimum absolute atomic E-state index is 0.104. The number of benzene rings is 1. The van der Waals surface area contributed by atoms with Crippen molar-refractivity contribution in [2.24, 2.45) is 5.92 Å². The number of ether oxygens (including phenoxy) is 1. The number of amides is 1. The van der Waals surface area contributed by atoms with Crippen LogP contribution in [0.15, 0.2) is 24.3 Å². The molecule has 1 aromatic rings. The van der Waals surface area contributed by atoms with Crippen molar-refractivity contribution in [2.75, 3.05) is 26.0 Å². The average Bonchev–Trinajstić information content (AvgIpc) is 2.44. The first kappa shape index (κ1) is 15.2. The highest BCUT2D eigenvalue weighted by Gasteiger charge is 2.18. The smallest absolute Gasteiger partial charge is 0.339 e. The van der Waals surface area contributed by atoms with Gasteiger partial charge in [0.2, 0.25) is 5.91 Å². The number of carbonyl (C=O) groups excluding carboxylic acids is 2. The molecular formula is C14H20N2O3. The summed E-state index contributed by atoms with van der Waals surface area (Å²) in [5, 5.41) is 5.76. The quantitative estimate of drug-likeness (QED) is 0.767. The minimum atomic E-state index is -0.461. The Morgan fingerprint density at radius 2 is 2.00 bits per heavy atom. The van der Waals surface area contributed by atoms with E-state index in [1.54, 1.807) is 31.3 Å². The van der Waals surface area contributed by atoms with E-state index in [2.05, 4.69) is 10.6 Å². The van der Waals surface area contributed by atoms with Gasteiger partial charge in [0.15, 0.2) is 0 Å². The summed E-state index contributed by atoms with van der Waals surface area (Å²) in [6.45, 7) is 2.55. The first-order chi connectivity index (χ1) is 9.13. The van der Waals surface area contributed by atoms with Crippen LogP contribution in [-0.2, 0) is 9.53 Å². The molecule has 0 aliphatic rings. The fourth-order valence-electron chi connectivity index (χ4n) is 1.78. The molecule has 1 amide bonds. The highest BCUT2D eigenvalue weighted by molar-refractivity contribution is 6.01. The van der Waals surface area contributed by atoms with Gasteiger partial charge in [0, 0.05) is 6.54 Å². The molecule has 0 aliphatic heterocycles. The van der Waals surface area contributed by atoms with Crippen LogP contribution in [0, 0.1) is 5.92 Å². The molecular weight excluding hydrogens is 244 g/mol. The van der Waals surface area contributed by atoms with Gasteiger partial charge in [-0.05, 0) is 25.6 Å². The molecule has 0 bridgehead atoms. The van der Waals surface area contributed by atoms with E-state index < -0.39 is 5.97 Å². The SMILES string of the molecule is CCC(CNC)C(=O)Nc1ccccc1C(=O)OC. The van der Waals surface area contributed by atoms with Crippen molar-refractivity contribution in [1.82, 2.24) is 5.32 Å². The van der Waals surface area contributed by atoms with Crippen molar-refractivity contribution in [3.63, 3.8) is 0 Å². The Bertz CT molecular complexity index is 446. The molecule has 1 unspecified atom stereocenters. The topological polar surface area (TPSA) is 67.4 Å². The number of nitrogens with one attached hydrogen (secondary N) is 2. The Balaban J connectivity index is 2.87. The molecule has 0 saturated carbocycles. The molecule has 0 spiro atoms. The van der Waals surface area contributed by atoms with Crippen LogP contribution in [0.1, 0.15) is 23.7 Å². The molecule has 0 aromatic heterocycles. The lowest BCUT2D eigenvalue weighted by atomic mass is 10.1. The monoisotopic (exact) mass is 264 g/mol. The van der Waals surface area contributed by atoms with E-state index in [4.69, 9.17) is 4.74 Å². The zero-order valence-corrected chi connectivity index (χ0v) is 11.5. The Kier molecular flexibility index (Phi) is 6.02. The maximum absolute atomic E-state index is 12.1. The number of methoxy groups -OCH3 is 1. The molecule has 0 heterocycles. The largest absolute Gasteiger partial charge is 0.465 e. The van der Waals surface area contributed by atoms with Crippen LogP contribution in [0.4, 0.5) is 5.69 Å². The lowest BCUT2D eigenvalue weighted by Crippen LogP contribution is -2.30. The summed E-state index contributed by atoms with van der Waals surface area (Å²) >= 11 is 0. The van der Waals surface area contributed by atoms with Gasteiger partial charge in [-0.25, -0.2) is 4.79 Å².